The van der Waals surface area contributed by atoms with Crippen LogP contribution in [0.5, 0.6) is 0 Å². The van der Waals surface area contributed by atoms with Crippen LogP contribution in [0.2, 0.25) is 0 Å². The molecule has 2 heterocycles. The van der Waals surface area contributed by atoms with E-state index in [1.807, 2.05) is 13.8 Å². The summed E-state index contributed by atoms with van der Waals surface area (Å²) in [6.07, 6.45) is 4.97. The molecule has 10 heteroatoms. The number of aryl methyl sites for hydroxylation is 1. The van der Waals surface area contributed by atoms with Crippen LogP contribution in [0.25, 0.3) is 0 Å². The molecule has 2 saturated heterocycles. The smallest absolute Gasteiger partial charge is 0.243 e. The third kappa shape index (κ3) is 6.16. The largest absolute Gasteiger partial charge is 0.352 e. The molecule has 1 aliphatic carbocycles. The quantitative estimate of drug-likeness (QED) is 0.570. The van der Waals surface area contributed by atoms with E-state index in [0.29, 0.717) is 37.9 Å². The van der Waals surface area contributed by atoms with Crippen molar-refractivity contribution in [2.75, 3.05) is 51.1 Å². The fourth-order valence-electron chi connectivity index (χ4n) is 4.57. The molecule has 1 unspecified atom stereocenters. The van der Waals surface area contributed by atoms with Crippen molar-refractivity contribution in [2.45, 2.75) is 62.9 Å². The lowest BCUT2D eigenvalue weighted by atomic mass is 10.2. The minimum atomic E-state index is -3.56. The zero-order valence-electron chi connectivity index (χ0n) is 20.3. The summed E-state index contributed by atoms with van der Waals surface area (Å²) in [5, 5.41) is 5.97. The highest BCUT2D eigenvalue weighted by atomic mass is 32.2. The first-order valence-electron chi connectivity index (χ1n) is 12.4. The van der Waals surface area contributed by atoms with E-state index in [4.69, 9.17) is 0 Å². The maximum Gasteiger partial charge on any atom is 0.243 e. The number of carbonyl (C=O) groups excluding carboxylic acids is 2. The van der Waals surface area contributed by atoms with Crippen LogP contribution < -0.4 is 10.6 Å². The van der Waals surface area contributed by atoms with Crippen molar-refractivity contribution in [3.05, 3.63) is 23.8 Å². The molecule has 4 rings (SSSR count). The minimum absolute atomic E-state index is 0.0866. The fourth-order valence-corrected chi connectivity index (χ4v) is 6.11. The highest BCUT2D eigenvalue weighted by Crippen LogP contribution is 2.25. The second-order valence-corrected chi connectivity index (χ2v) is 11.7. The first-order valence-corrected chi connectivity index (χ1v) is 13.9. The van der Waals surface area contributed by atoms with Gasteiger partial charge in [-0.15, -0.1) is 0 Å². The van der Waals surface area contributed by atoms with Crippen LogP contribution in [0.3, 0.4) is 0 Å². The van der Waals surface area contributed by atoms with Gasteiger partial charge in [0.05, 0.1) is 17.5 Å². The molecule has 2 amide bonds. The van der Waals surface area contributed by atoms with E-state index in [-0.39, 0.29) is 29.3 Å². The third-order valence-electron chi connectivity index (χ3n) is 7.06. The molecule has 0 spiro atoms. The second kappa shape index (κ2) is 10.7. The van der Waals surface area contributed by atoms with Gasteiger partial charge in [0, 0.05) is 51.0 Å². The zero-order valence-corrected chi connectivity index (χ0v) is 21.1. The number of nitrogens with one attached hydrogen (secondary N) is 2. The van der Waals surface area contributed by atoms with Crippen molar-refractivity contribution < 1.29 is 18.0 Å². The van der Waals surface area contributed by atoms with Crippen molar-refractivity contribution >= 4 is 27.5 Å². The Morgan fingerprint density at radius 1 is 1.03 bits per heavy atom. The molecule has 34 heavy (non-hydrogen) atoms. The van der Waals surface area contributed by atoms with Crippen molar-refractivity contribution in [1.29, 1.82) is 0 Å². The number of hydrogen-bond donors (Lipinski definition) is 2. The minimum Gasteiger partial charge on any atom is -0.352 e. The predicted octanol–water partition coefficient (Wildman–Crippen LogP) is 1.39. The van der Waals surface area contributed by atoms with Crippen LogP contribution in [0.15, 0.2) is 23.1 Å². The molecule has 2 N–H and O–H groups in total. The van der Waals surface area contributed by atoms with Crippen LogP contribution >= 0.6 is 0 Å². The monoisotopic (exact) mass is 491 g/mol. The number of sulfonamides is 1. The molecular weight excluding hydrogens is 454 g/mol. The lowest BCUT2D eigenvalue weighted by molar-refractivity contribution is -0.127. The Hall–Kier alpha value is -2.01. The molecule has 9 nitrogen and oxygen atoms in total. The van der Waals surface area contributed by atoms with E-state index in [1.165, 1.54) is 4.31 Å². The Labute approximate surface area is 202 Å². The average Bonchev–Trinajstić information content (AvgIpc) is 3.65. The van der Waals surface area contributed by atoms with Gasteiger partial charge in [0.25, 0.3) is 0 Å². The topological polar surface area (TPSA) is 102 Å². The Morgan fingerprint density at radius 3 is 2.35 bits per heavy atom. The van der Waals surface area contributed by atoms with Crippen LogP contribution in [-0.2, 0) is 19.6 Å². The van der Waals surface area contributed by atoms with Gasteiger partial charge in [0.1, 0.15) is 0 Å². The summed E-state index contributed by atoms with van der Waals surface area (Å²) < 4.78 is 27.6. The molecular formula is C24H37N5O4S. The van der Waals surface area contributed by atoms with Crippen molar-refractivity contribution in [3.63, 3.8) is 0 Å². The van der Waals surface area contributed by atoms with Gasteiger partial charge in [0.15, 0.2) is 0 Å². The van der Waals surface area contributed by atoms with E-state index in [1.54, 1.807) is 18.2 Å². The summed E-state index contributed by atoms with van der Waals surface area (Å²) in [6, 6.07) is 5.14. The Bertz CT molecular complexity index is 997. The number of piperidine rings is 1. The maximum absolute atomic E-state index is 13.0. The number of rotatable bonds is 8. The van der Waals surface area contributed by atoms with E-state index in [0.717, 1.165) is 50.8 Å². The van der Waals surface area contributed by atoms with E-state index in [2.05, 4.69) is 20.4 Å². The van der Waals surface area contributed by atoms with Gasteiger partial charge in [-0.1, -0.05) is 12.5 Å². The Balaban J connectivity index is 1.30. The number of hydrogen-bond acceptors (Lipinski definition) is 6. The van der Waals surface area contributed by atoms with Gasteiger partial charge in [-0.3, -0.25) is 19.4 Å². The highest BCUT2D eigenvalue weighted by Gasteiger charge is 2.30. The Kier molecular flexibility index (Phi) is 7.91. The van der Waals surface area contributed by atoms with Gasteiger partial charge < -0.3 is 10.6 Å². The van der Waals surface area contributed by atoms with E-state index in [9.17, 15) is 18.0 Å². The highest BCUT2D eigenvalue weighted by molar-refractivity contribution is 7.89. The molecule has 188 valence electrons. The molecule has 0 aromatic heterocycles. The molecule has 0 bridgehead atoms. The Morgan fingerprint density at radius 2 is 1.71 bits per heavy atom. The van der Waals surface area contributed by atoms with Crippen LogP contribution in [0, 0.1) is 6.92 Å². The molecule has 1 aromatic carbocycles. The molecule has 2 aliphatic heterocycles. The standard InChI is InChI=1S/C24H37N5O4S/c1-18-6-9-21(34(32,33)29-10-4-3-5-11-29)16-22(18)26-23(30)17-27-12-14-28(15-13-27)19(2)24(31)25-20-7-8-20/h6,9,16,19-20H,3-5,7-8,10-15,17H2,1-2H3,(H,25,31)(H,26,30). The number of carbonyl (C=O) groups is 2. The van der Waals surface area contributed by atoms with E-state index >= 15 is 0 Å². The first-order chi connectivity index (χ1) is 16.2. The normalized spacial score (nSPS) is 21.7. The van der Waals surface area contributed by atoms with Crippen molar-refractivity contribution in [2.24, 2.45) is 0 Å². The SMILES string of the molecule is Cc1ccc(S(=O)(=O)N2CCCCC2)cc1NC(=O)CN1CCN(C(C)C(=O)NC2CC2)CC1. The number of amides is 2. The number of nitrogens with zero attached hydrogens (tertiary/aromatic N) is 3. The summed E-state index contributed by atoms with van der Waals surface area (Å²) in [4.78, 5) is 29.5. The van der Waals surface area contributed by atoms with Gasteiger partial charge in [-0.25, -0.2) is 8.42 Å². The van der Waals surface area contributed by atoms with Gasteiger partial charge >= 0.3 is 0 Å². The van der Waals surface area contributed by atoms with Gasteiger partial charge in [0.2, 0.25) is 21.8 Å². The molecule has 3 fully saturated rings. The average molecular weight is 492 g/mol. The van der Waals surface area contributed by atoms with Gasteiger partial charge in [-0.2, -0.15) is 4.31 Å². The number of piperazine rings is 1. The second-order valence-electron chi connectivity index (χ2n) is 9.76. The lowest BCUT2D eigenvalue weighted by Gasteiger charge is -2.37. The summed E-state index contributed by atoms with van der Waals surface area (Å²) >= 11 is 0. The summed E-state index contributed by atoms with van der Waals surface area (Å²) in [5.74, 6) is -0.0767. The first kappa shape index (κ1) is 25.1. The zero-order chi connectivity index (χ0) is 24.3. The van der Waals surface area contributed by atoms with Crippen LogP contribution in [0.1, 0.15) is 44.6 Å². The van der Waals surface area contributed by atoms with Gasteiger partial charge in [-0.05, 0) is 57.2 Å². The molecule has 1 saturated carbocycles. The van der Waals surface area contributed by atoms with Crippen LogP contribution in [-0.4, -0.2) is 92.2 Å². The summed E-state index contributed by atoms with van der Waals surface area (Å²) in [6.45, 7) is 8.00. The molecule has 3 aliphatic rings. The third-order valence-corrected chi connectivity index (χ3v) is 8.96. The molecule has 0 radical (unpaired) electrons. The fraction of sp³-hybridized carbons (Fsp3) is 0.667. The predicted molar refractivity (Wildman–Crippen MR) is 131 cm³/mol. The van der Waals surface area contributed by atoms with Crippen LogP contribution in [0.4, 0.5) is 5.69 Å². The molecule has 1 aromatic rings. The van der Waals surface area contributed by atoms with Crippen molar-refractivity contribution in [1.82, 2.24) is 19.4 Å². The summed E-state index contributed by atoms with van der Waals surface area (Å²) in [5.41, 5.74) is 1.36. The molecule has 1 atom stereocenters. The number of benzene rings is 1. The number of anilines is 1. The lowest BCUT2D eigenvalue weighted by Crippen LogP contribution is -2.55. The van der Waals surface area contributed by atoms with Crippen molar-refractivity contribution in [3.8, 4) is 0 Å². The maximum atomic E-state index is 13.0. The van der Waals surface area contributed by atoms with E-state index < -0.39 is 10.0 Å². The summed E-state index contributed by atoms with van der Waals surface area (Å²) in [7, 11) is -3.56.